The summed E-state index contributed by atoms with van der Waals surface area (Å²) in [5.41, 5.74) is 1.90. The van der Waals surface area contributed by atoms with Gasteiger partial charge in [-0.15, -0.1) is 0 Å². The zero-order valence-electron chi connectivity index (χ0n) is 6.98. The van der Waals surface area contributed by atoms with Crippen LogP contribution in [0.4, 0.5) is 0 Å². The van der Waals surface area contributed by atoms with Crippen LogP contribution in [0.3, 0.4) is 0 Å². The summed E-state index contributed by atoms with van der Waals surface area (Å²) >= 11 is 6.85. The third-order valence-corrected chi connectivity index (χ3v) is 2.97. The number of hydrogen-bond acceptors (Lipinski definition) is 3. The van der Waals surface area contributed by atoms with Crippen LogP contribution in [-0.4, -0.2) is 15.0 Å². The maximum atomic E-state index is 4.15. The molecule has 0 aliphatic rings. The van der Waals surface area contributed by atoms with Crippen LogP contribution in [0.5, 0.6) is 0 Å². The van der Waals surface area contributed by atoms with E-state index in [4.69, 9.17) is 0 Å². The minimum atomic E-state index is 0.779. The van der Waals surface area contributed by atoms with Gasteiger partial charge in [0.1, 0.15) is 10.9 Å². The van der Waals surface area contributed by atoms with E-state index in [2.05, 4.69) is 46.8 Å². The summed E-state index contributed by atoms with van der Waals surface area (Å²) in [4.78, 5) is 12.1. The summed E-state index contributed by atoms with van der Waals surface area (Å²) in [6, 6.07) is 1.88. The van der Waals surface area contributed by atoms with Gasteiger partial charge in [0.05, 0.1) is 0 Å². The van der Waals surface area contributed by atoms with Crippen molar-refractivity contribution in [3.63, 3.8) is 0 Å². The van der Waals surface area contributed by atoms with Crippen LogP contribution in [0, 0.1) is 0 Å². The molecule has 2 aromatic heterocycles. The maximum Gasteiger partial charge on any atom is 0.115 e. The van der Waals surface area contributed by atoms with Gasteiger partial charge in [0, 0.05) is 34.2 Å². The quantitative estimate of drug-likeness (QED) is 0.759. The van der Waals surface area contributed by atoms with Crippen LogP contribution in [0.1, 0.15) is 0 Å². The van der Waals surface area contributed by atoms with E-state index in [1.54, 1.807) is 18.6 Å². The average molecular weight is 315 g/mol. The molecule has 0 amide bonds. The van der Waals surface area contributed by atoms with Crippen LogP contribution in [-0.2, 0) is 0 Å². The van der Waals surface area contributed by atoms with Crippen molar-refractivity contribution in [2.45, 2.75) is 0 Å². The Labute approximate surface area is 97.9 Å². The Balaban J connectivity index is 2.63. The lowest BCUT2D eigenvalue weighted by Gasteiger charge is -2.04. The molecule has 0 bridgehead atoms. The minimum Gasteiger partial charge on any atom is -0.249 e. The molecule has 0 spiro atoms. The van der Waals surface area contributed by atoms with Gasteiger partial charge in [-0.3, -0.25) is 0 Å². The molecule has 0 aromatic carbocycles. The molecule has 0 fully saturated rings. The fourth-order valence-electron chi connectivity index (χ4n) is 1.10. The molecule has 0 radical (unpaired) electrons. The first kappa shape index (κ1) is 9.73. The molecular weight excluding hydrogens is 310 g/mol. The molecule has 2 heterocycles. The molecule has 0 N–H and O–H groups in total. The van der Waals surface area contributed by atoms with Crippen molar-refractivity contribution in [3.05, 3.63) is 40.1 Å². The first-order chi connectivity index (χ1) is 6.79. The zero-order valence-corrected chi connectivity index (χ0v) is 10.2. The second-order valence-electron chi connectivity index (χ2n) is 2.59. The average Bonchev–Trinajstić information content (AvgIpc) is 2.19. The monoisotopic (exact) mass is 313 g/mol. The first-order valence-electron chi connectivity index (χ1n) is 3.84. The highest BCUT2D eigenvalue weighted by Crippen LogP contribution is 2.32. The van der Waals surface area contributed by atoms with E-state index in [1.165, 1.54) is 6.33 Å². The molecule has 3 nitrogen and oxygen atoms in total. The van der Waals surface area contributed by atoms with E-state index in [-0.39, 0.29) is 0 Å². The fraction of sp³-hybridized carbons (Fsp3) is 0. The van der Waals surface area contributed by atoms with E-state index < -0.39 is 0 Å². The Morgan fingerprint density at radius 3 is 2.43 bits per heavy atom. The normalized spacial score (nSPS) is 10.1. The van der Waals surface area contributed by atoms with Crippen molar-refractivity contribution in [3.8, 4) is 11.1 Å². The Kier molecular flexibility index (Phi) is 2.88. The van der Waals surface area contributed by atoms with Gasteiger partial charge in [-0.1, -0.05) is 0 Å². The lowest BCUT2D eigenvalue weighted by Crippen LogP contribution is -1.87. The summed E-state index contributed by atoms with van der Waals surface area (Å²) in [5.74, 6) is 0. The van der Waals surface area contributed by atoms with Gasteiger partial charge in [-0.2, -0.15) is 0 Å². The van der Waals surface area contributed by atoms with Gasteiger partial charge in [-0.25, -0.2) is 15.0 Å². The Bertz CT molecular complexity index is 425. The van der Waals surface area contributed by atoms with Gasteiger partial charge in [-0.05, 0) is 37.9 Å². The van der Waals surface area contributed by atoms with Crippen molar-refractivity contribution in [1.82, 2.24) is 15.0 Å². The molecule has 2 rings (SSSR count). The molecule has 0 unspecified atom stereocenters. The van der Waals surface area contributed by atoms with Crippen molar-refractivity contribution in [2.75, 3.05) is 0 Å². The third-order valence-electron chi connectivity index (χ3n) is 1.70. The smallest absolute Gasteiger partial charge is 0.115 e. The maximum absolute atomic E-state index is 4.15. The molecule has 0 aliphatic heterocycles. The predicted molar refractivity (Wildman–Crippen MR) is 60.7 cm³/mol. The van der Waals surface area contributed by atoms with Crippen LogP contribution in [0.2, 0.25) is 0 Å². The van der Waals surface area contributed by atoms with Crippen molar-refractivity contribution in [2.24, 2.45) is 0 Å². The number of pyridine rings is 1. The molecule has 0 aliphatic carbocycles. The van der Waals surface area contributed by atoms with Crippen molar-refractivity contribution in [1.29, 1.82) is 0 Å². The summed E-state index contributed by atoms with van der Waals surface area (Å²) in [5, 5.41) is 0. The van der Waals surface area contributed by atoms with E-state index in [0.29, 0.717) is 0 Å². The predicted octanol–water partition coefficient (Wildman–Crippen LogP) is 3.06. The number of hydrogen-bond donors (Lipinski definition) is 0. The lowest BCUT2D eigenvalue weighted by atomic mass is 10.2. The van der Waals surface area contributed by atoms with Gasteiger partial charge in [0.25, 0.3) is 0 Å². The van der Waals surface area contributed by atoms with Crippen molar-refractivity contribution >= 4 is 31.9 Å². The molecule has 2 aromatic rings. The highest BCUT2D eigenvalue weighted by molar-refractivity contribution is 9.11. The van der Waals surface area contributed by atoms with E-state index in [9.17, 15) is 0 Å². The number of nitrogens with zero attached hydrogens (tertiary/aromatic N) is 3. The van der Waals surface area contributed by atoms with Crippen LogP contribution in [0.25, 0.3) is 11.1 Å². The van der Waals surface area contributed by atoms with Gasteiger partial charge in [0.2, 0.25) is 0 Å². The van der Waals surface area contributed by atoms with E-state index in [0.717, 1.165) is 20.2 Å². The summed E-state index contributed by atoms with van der Waals surface area (Å²) in [6.07, 6.45) is 6.72. The molecule has 0 saturated carbocycles. The Morgan fingerprint density at radius 1 is 1.07 bits per heavy atom. The molecule has 5 heteroatoms. The summed E-state index contributed by atoms with van der Waals surface area (Å²) in [7, 11) is 0. The van der Waals surface area contributed by atoms with Crippen LogP contribution in [0.15, 0.2) is 40.1 Å². The lowest BCUT2D eigenvalue weighted by molar-refractivity contribution is 1.16. The second-order valence-corrected chi connectivity index (χ2v) is 4.19. The molecule has 70 valence electrons. The largest absolute Gasteiger partial charge is 0.249 e. The Hall–Kier alpha value is -0.810. The van der Waals surface area contributed by atoms with Crippen LogP contribution >= 0.6 is 31.9 Å². The molecule has 0 atom stereocenters. The minimum absolute atomic E-state index is 0.779. The SMILES string of the molecule is Brc1ccnc(Br)c1-c1cncnc1. The van der Waals surface area contributed by atoms with Gasteiger partial charge in [0.15, 0.2) is 0 Å². The summed E-state index contributed by atoms with van der Waals surface area (Å²) < 4.78 is 1.75. The highest BCUT2D eigenvalue weighted by atomic mass is 79.9. The van der Waals surface area contributed by atoms with Crippen LogP contribution < -0.4 is 0 Å². The molecule has 0 saturated heterocycles. The first-order valence-corrected chi connectivity index (χ1v) is 5.43. The van der Waals surface area contributed by atoms with E-state index in [1.807, 2.05) is 6.07 Å². The van der Waals surface area contributed by atoms with Gasteiger partial charge >= 0.3 is 0 Å². The highest BCUT2D eigenvalue weighted by Gasteiger charge is 2.08. The number of aromatic nitrogens is 3. The molecular formula is C9H5Br2N3. The third kappa shape index (κ3) is 1.83. The summed E-state index contributed by atoms with van der Waals surface area (Å²) in [6.45, 7) is 0. The Morgan fingerprint density at radius 2 is 1.79 bits per heavy atom. The fourth-order valence-corrected chi connectivity index (χ4v) is 2.46. The zero-order chi connectivity index (χ0) is 9.97. The topological polar surface area (TPSA) is 38.7 Å². The van der Waals surface area contributed by atoms with E-state index >= 15 is 0 Å². The molecule has 14 heavy (non-hydrogen) atoms. The number of halogens is 2. The second kappa shape index (κ2) is 4.14. The standard InChI is InChI=1S/C9H5Br2N3/c10-7-1-2-14-9(11)8(7)6-3-12-5-13-4-6/h1-5H. The van der Waals surface area contributed by atoms with Gasteiger partial charge < -0.3 is 0 Å². The number of rotatable bonds is 1. The van der Waals surface area contributed by atoms with Crippen molar-refractivity contribution < 1.29 is 0 Å².